The number of amides is 1. The lowest BCUT2D eigenvalue weighted by Crippen LogP contribution is -2.49. The van der Waals surface area contributed by atoms with Gasteiger partial charge in [-0.15, -0.1) is 0 Å². The van der Waals surface area contributed by atoms with Gasteiger partial charge in [-0.05, 0) is 6.07 Å². The van der Waals surface area contributed by atoms with E-state index in [0.29, 0.717) is 37.4 Å². The number of rotatable bonds is 2. The number of aromatic nitrogens is 3. The van der Waals surface area contributed by atoms with E-state index in [1.54, 1.807) is 30.4 Å². The highest BCUT2D eigenvalue weighted by atomic mass is 16.2. The van der Waals surface area contributed by atoms with E-state index in [1.807, 2.05) is 4.90 Å². The van der Waals surface area contributed by atoms with Gasteiger partial charge in [0.25, 0.3) is 11.5 Å². The summed E-state index contributed by atoms with van der Waals surface area (Å²) >= 11 is 0. The first kappa shape index (κ1) is 14.8. The molecule has 2 aromatic rings. The molecule has 0 spiro atoms. The number of anilines is 1. The fourth-order valence-electron chi connectivity index (χ4n) is 2.73. The molecule has 1 saturated heterocycles. The molecule has 0 aromatic carbocycles. The Balaban J connectivity index is 1.71. The Bertz CT molecular complexity index is 823. The molecule has 0 aliphatic carbocycles. The average molecular weight is 312 g/mol. The molecule has 1 fully saturated rings. The Labute approximate surface area is 132 Å². The van der Waals surface area contributed by atoms with Gasteiger partial charge in [-0.2, -0.15) is 5.26 Å². The molecule has 2 aromatic heterocycles. The van der Waals surface area contributed by atoms with Gasteiger partial charge < -0.3 is 9.80 Å². The van der Waals surface area contributed by atoms with E-state index in [9.17, 15) is 9.59 Å². The Morgan fingerprint density at radius 2 is 2.09 bits per heavy atom. The SMILES string of the molecule is Cn1[nH]c(=O)cc1C(=O)N1CCN(c2cnccc2C#N)CC1. The van der Waals surface area contributed by atoms with Crippen molar-refractivity contribution in [3.8, 4) is 6.07 Å². The van der Waals surface area contributed by atoms with Gasteiger partial charge in [0.1, 0.15) is 11.8 Å². The molecular formula is C15H16N6O2. The lowest BCUT2D eigenvalue weighted by Gasteiger charge is -2.36. The quantitative estimate of drug-likeness (QED) is 0.838. The highest BCUT2D eigenvalue weighted by Gasteiger charge is 2.25. The fourth-order valence-corrected chi connectivity index (χ4v) is 2.73. The largest absolute Gasteiger partial charge is 0.366 e. The molecule has 0 bridgehead atoms. The molecule has 1 aliphatic heterocycles. The number of H-pyrrole nitrogens is 1. The van der Waals surface area contributed by atoms with Crippen LogP contribution in [0.4, 0.5) is 5.69 Å². The van der Waals surface area contributed by atoms with E-state index in [-0.39, 0.29) is 11.5 Å². The Morgan fingerprint density at radius 3 is 2.70 bits per heavy atom. The number of aromatic amines is 1. The third kappa shape index (κ3) is 2.81. The zero-order chi connectivity index (χ0) is 16.4. The number of nitrogens with zero attached hydrogens (tertiary/aromatic N) is 5. The number of hydrogen-bond donors (Lipinski definition) is 1. The van der Waals surface area contributed by atoms with Crippen molar-refractivity contribution in [1.82, 2.24) is 19.7 Å². The van der Waals surface area contributed by atoms with Crippen LogP contribution < -0.4 is 10.5 Å². The monoisotopic (exact) mass is 312 g/mol. The summed E-state index contributed by atoms with van der Waals surface area (Å²) in [5.41, 5.74) is 1.43. The van der Waals surface area contributed by atoms with Crippen molar-refractivity contribution in [2.45, 2.75) is 0 Å². The first-order chi connectivity index (χ1) is 11.1. The van der Waals surface area contributed by atoms with Crippen LogP contribution in [0.3, 0.4) is 0 Å². The van der Waals surface area contributed by atoms with Crippen LogP contribution in [0.15, 0.2) is 29.3 Å². The molecule has 1 N–H and O–H groups in total. The van der Waals surface area contributed by atoms with Crippen molar-refractivity contribution in [1.29, 1.82) is 5.26 Å². The minimum absolute atomic E-state index is 0.169. The van der Waals surface area contributed by atoms with Crippen LogP contribution >= 0.6 is 0 Å². The number of nitrogens with one attached hydrogen (secondary N) is 1. The summed E-state index contributed by atoms with van der Waals surface area (Å²) in [6.45, 7) is 2.28. The first-order valence-corrected chi connectivity index (χ1v) is 7.24. The lowest BCUT2D eigenvalue weighted by atomic mass is 10.2. The van der Waals surface area contributed by atoms with Gasteiger partial charge >= 0.3 is 0 Å². The third-order valence-electron chi connectivity index (χ3n) is 3.95. The van der Waals surface area contributed by atoms with Crippen LogP contribution in [0.25, 0.3) is 0 Å². The van der Waals surface area contributed by atoms with Gasteiger partial charge in [0.05, 0.1) is 17.4 Å². The summed E-state index contributed by atoms with van der Waals surface area (Å²) in [7, 11) is 1.64. The second kappa shape index (κ2) is 5.96. The Morgan fingerprint density at radius 1 is 1.35 bits per heavy atom. The van der Waals surface area contributed by atoms with Crippen LogP contribution in [-0.4, -0.2) is 51.8 Å². The normalized spacial score (nSPS) is 14.6. The molecule has 8 heteroatoms. The molecule has 118 valence electrons. The van der Waals surface area contributed by atoms with Crippen molar-refractivity contribution in [2.75, 3.05) is 31.1 Å². The average Bonchev–Trinajstić information content (AvgIpc) is 2.92. The van der Waals surface area contributed by atoms with E-state index in [0.717, 1.165) is 5.69 Å². The van der Waals surface area contributed by atoms with Crippen LogP contribution in [0.5, 0.6) is 0 Å². The van der Waals surface area contributed by atoms with Gasteiger partial charge in [0.15, 0.2) is 0 Å². The highest BCUT2D eigenvalue weighted by molar-refractivity contribution is 5.92. The van der Waals surface area contributed by atoms with E-state index >= 15 is 0 Å². The number of aryl methyl sites for hydroxylation is 1. The molecule has 0 radical (unpaired) electrons. The molecule has 8 nitrogen and oxygen atoms in total. The predicted octanol–water partition coefficient (Wildman–Crippen LogP) is -0.0575. The van der Waals surface area contributed by atoms with Crippen LogP contribution in [0, 0.1) is 11.3 Å². The number of carbonyl (C=O) groups excluding carboxylic acids is 1. The smallest absolute Gasteiger partial charge is 0.272 e. The minimum Gasteiger partial charge on any atom is -0.366 e. The molecule has 3 rings (SSSR count). The molecule has 3 heterocycles. The highest BCUT2D eigenvalue weighted by Crippen LogP contribution is 2.20. The van der Waals surface area contributed by atoms with Crippen molar-refractivity contribution in [2.24, 2.45) is 7.05 Å². The Kier molecular flexibility index (Phi) is 3.85. The number of hydrogen-bond acceptors (Lipinski definition) is 5. The number of piperazine rings is 1. The summed E-state index contributed by atoms with van der Waals surface area (Å²) in [6.07, 6.45) is 3.26. The van der Waals surface area contributed by atoms with Gasteiger partial charge in [0, 0.05) is 45.5 Å². The van der Waals surface area contributed by atoms with Crippen LogP contribution in [0.2, 0.25) is 0 Å². The van der Waals surface area contributed by atoms with E-state index in [2.05, 4.69) is 16.2 Å². The van der Waals surface area contributed by atoms with E-state index in [4.69, 9.17) is 5.26 Å². The predicted molar refractivity (Wildman–Crippen MR) is 83.1 cm³/mol. The first-order valence-electron chi connectivity index (χ1n) is 7.24. The Hall–Kier alpha value is -3.08. The minimum atomic E-state index is -0.288. The zero-order valence-electron chi connectivity index (χ0n) is 12.7. The molecule has 1 aliphatic rings. The van der Waals surface area contributed by atoms with Crippen molar-refractivity contribution >= 4 is 11.6 Å². The summed E-state index contributed by atoms with van der Waals surface area (Å²) in [5, 5.41) is 11.7. The van der Waals surface area contributed by atoms with Gasteiger partial charge in [-0.25, -0.2) is 0 Å². The molecule has 0 saturated carbocycles. The second-order valence-electron chi connectivity index (χ2n) is 5.35. The standard InChI is InChI=1S/C15H16N6O2/c1-19-12(8-14(22)18-19)15(23)21-6-4-20(5-7-21)13-10-17-3-2-11(13)9-16/h2-3,8,10H,4-7H2,1H3,(H,18,22). The maximum absolute atomic E-state index is 12.5. The maximum atomic E-state index is 12.5. The number of nitriles is 1. The number of pyridine rings is 1. The molecule has 23 heavy (non-hydrogen) atoms. The van der Waals surface area contributed by atoms with Gasteiger partial charge in [0.2, 0.25) is 0 Å². The summed E-state index contributed by atoms with van der Waals surface area (Å²) < 4.78 is 1.44. The topological polar surface area (TPSA) is 98.0 Å². The molecule has 1 amide bonds. The second-order valence-corrected chi connectivity index (χ2v) is 5.35. The maximum Gasteiger partial charge on any atom is 0.272 e. The van der Waals surface area contributed by atoms with Gasteiger partial charge in [-0.3, -0.25) is 24.4 Å². The van der Waals surface area contributed by atoms with Crippen molar-refractivity contribution in [3.05, 3.63) is 46.1 Å². The van der Waals surface area contributed by atoms with Gasteiger partial charge in [-0.1, -0.05) is 0 Å². The lowest BCUT2D eigenvalue weighted by molar-refractivity contribution is 0.0735. The molecule has 0 atom stereocenters. The molecule has 0 unspecified atom stereocenters. The third-order valence-corrected chi connectivity index (χ3v) is 3.95. The van der Waals surface area contributed by atoms with Crippen LogP contribution in [-0.2, 0) is 7.05 Å². The van der Waals surface area contributed by atoms with E-state index < -0.39 is 0 Å². The number of carbonyl (C=O) groups is 1. The fraction of sp³-hybridized carbons (Fsp3) is 0.333. The van der Waals surface area contributed by atoms with Crippen molar-refractivity contribution < 1.29 is 4.79 Å². The molecular weight excluding hydrogens is 296 g/mol. The summed E-state index contributed by atoms with van der Waals surface area (Å²) in [5.74, 6) is -0.169. The summed E-state index contributed by atoms with van der Waals surface area (Å²) in [6, 6.07) is 5.15. The van der Waals surface area contributed by atoms with E-state index in [1.165, 1.54) is 10.7 Å². The van der Waals surface area contributed by atoms with Crippen LogP contribution in [0.1, 0.15) is 16.1 Å². The zero-order valence-corrected chi connectivity index (χ0v) is 12.7. The van der Waals surface area contributed by atoms with Crippen molar-refractivity contribution in [3.63, 3.8) is 0 Å². The summed E-state index contributed by atoms with van der Waals surface area (Å²) in [4.78, 5) is 31.6.